The van der Waals surface area contributed by atoms with Crippen molar-refractivity contribution < 1.29 is 37.3 Å². The van der Waals surface area contributed by atoms with Crippen LogP contribution in [0.2, 0.25) is 39.3 Å². The molecule has 10 heteroatoms. The van der Waals surface area contributed by atoms with Crippen LogP contribution in [0.4, 0.5) is 0 Å². The van der Waals surface area contributed by atoms with Gasteiger partial charge < -0.3 is 37.3 Å². The standard InChI is InChI=1S/C25H54O8Si2/c1-10-12-14-16-27-19-29-22-21(18-31-34(4,5)6)32-25(26-3)24(33-35(7,8)9)23(22)30-20-28-17-15-13-11-2/h21-25H,10-20H2,1-9H3/t21-,22-,23+,24-,25+/m1/s1. The first-order valence-electron chi connectivity index (χ1n) is 13.4. The largest absolute Gasteiger partial charge is 0.415 e. The van der Waals surface area contributed by atoms with E-state index in [0.717, 1.165) is 38.5 Å². The van der Waals surface area contributed by atoms with E-state index >= 15 is 0 Å². The van der Waals surface area contributed by atoms with E-state index in [2.05, 4.69) is 53.1 Å². The summed E-state index contributed by atoms with van der Waals surface area (Å²) in [6.45, 7) is 19.3. The Bertz CT molecular complexity index is 527. The van der Waals surface area contributed by atoms with Crippen molar-refractivity contribution in [2.75, 3.05) is 40.5 Å². The molecule has 1 fully saturated rings. The van der Waals surface area contributed by atoms with Crippen LogP contribution in [0.1, 0.15) is 52.4 Å². The van der Waals surface area contributed by atoms with Gasteiger partial charge in [-0.25, -0.2) is 0 Å². The summed E-state index contributed by atoms with van der Waals surface area (Å²) in [4.78, 5) is 0. The smallest absolute Gasteiger partial charge is 0.185 e. The third-order valence-electron chi connectivity index (χ3n) is 5.47. The third-order valence-corrected chi connectivity index (χ3v) is 7.48. The minimum atomic E-state index is -1.95. The Morgan fingerprint density at radius 2 is 1.23 bits per heavy atom. The summed E-state index contributed by atoms with van der Waals surface area (Å²) in [5.74, 6) is 0. The maximum atomic E-state index is 6.53. The van der Waals surface area contributed by atoms with Crippen LogP contribution in [-0.2, 0) is 37.3 Å². The summed E-state index contributed by atoms with van der Waals surface area (Å²) < 4.78 is 49.0. The zero-order chi connectivity index (χ0) is 26.3. The summed E-state index contributed by atoms with van der Waals surface area (Å²) in [5.41, 5.74) is 0. The van der Waals surface area contributed by atoms with Crippen LogP contribution >= 0.6 is 0 Å². The zero-order valence-corrected chi connectivity index (χ0v) is 25.9. The lowest BCUT2D eigenvalue weighted by Crippen LogP contribution is -2.63. The van der Waals surface area contributed by atoms with Crippen LogP contribution < -0.4 is 0 Å². The van der Waals surface area contributed by atoms with Gasteiger partial charge in [0.25, 0.3) is 0 Å². The predicted molar refractivity (Wildman–Crippen MR) is 144 cm³/mol. The van der Waals surface area contributed by atoms with Gasteiger partial charge in [-0.15, -0.1) is 0 Å². The van der Waals surface area contributed by atoms with Crippen molar-refractivity contribution in [2.24, 2.45) is 0 Å². The first kappa shape index (κ1) is 33.1. The van der Waals surface area contributed by atoms with Crippen LogP contribution in [0.5, 0.6) is 0 Å². The number of unbranched alkanes of at least 4 members (excludes halogenated alkanes) is 4. The molecule has 0 saturated carbocycles. The highest BCUT2D eigenvalue weighted by molar-refractivity contribution is 6.70. The van der Waals surface area contributed by atoms with Crippen molar-refractivity contribution in [1.29, 1.82) is 0 Å². The molecule has 0 bridgehead atoms. The van der Waals surface area contributed by atoms with E-state index < -0.39 is 41.2 Å². The van der Waals surface area contributed by atoms with Crippen LogP contribution in [0.3, 0.4) is 0 Å². The van der Waals surface area contributed by atoms with Gasteiger partial charge in [-0.1, -0.05) is 39.5 Å². The van der Waals surface area contributed by atoms with Crippen molar-refractivity contribution in [3.05, 3.63) is 0 Å². The Kier molecular flexibility index (Phi) is 16.7. The van der Waals surface area contributed by atoms with Gasteiger partial charge in [0.05, 0.1) is 6.61 Å². The van der Waals surface area contributed by atoms with E-state index in [9.17, 15) is 0 Å². The van der Waals surface area contributed by atoms with E-state index in [1.807, 2.05) is 0 Å². The number of methoxy groups -OCH3 is 1. The molecule has 35 heavy (non-hydrogen) atoms. The zero-order valence-electron chi connectivity index (χ0n) is 23.9. The molecule has 1 saturated heterocycles. The Balaban J connectivity index is 3.02. The monoisotopic (exact) mass is 538 g/mol. The maximum Gasteiger partial charge on any atom is 0.185 e. The fourth-order valence-electron chi connectivity index (χ4n) is 3.74. The number of hydrogen-bond acceptors (Lipinski definition) is 8. The second-order valence-corrected chi connectivity index (χ2v) is 20.1. The van der Waals surface area contributed by atoms with E-state index in [4.69, 9.17) is 37.3 Å². The minimum absolute atomic E-state index is 0.162. The van der Waals surface area contributed by atoms with Gasteiger partial charge in [-0.3, -0.25) is 0 Å². The molecule has 0 spiro atoms. The lowest BCUT2D eigenvalue weighted by Gasteiger charge is -2.47. The van der Waals surface area contributed by atoms with E-state index in [1.54, 1.807) is 7.11 Å². The Labute approximate surface area is 216 Å². The van der Waals surface area contributed by atoms with Gasteiger partial charge in [0, 0.05) is 20.3 Å². The average molecular weight is 539 g/mol. The van der Waals surface area contributed by atoms with Gasteiger partial charge in [0.1, 0.15) is 38.0 Å². The van der Waals surface area contributed by atoms with E-state index in [-0.39, 0.29) is 19.7 Å². The van der Waals surface area contributed by atoms with Crippen molar-refractivity contribution >= 4 is 16.6 Å². The molecule has 0 amide bonds. The van der Waals surface area contributed by atoms with Gasteiger partial charge in [-0.2, -0.15) is 0 Å². The summed E-state index contributed by atoms with van der Waals surface area (Å²) in [5, 5.41) is 0. The van der Waals surface area contributed by atoms with Crippen LogP contribution in [0, 0.1) is 0 Å². The van der Waals surface area contributed by atoms with Gasteiger partial charge in [-0.05, 0) is 52.1 Å². The van der Waals surface area contributed by atoms with Crippen LogP contribution in [0.25, 0.3) is 0 Å². The Morgan fingerprint density at radius 1 is 0.686 bits per heavy atom. The molecule has 8 nitrogen and oxygen atoms in total. The average Bonchev–Trinajstić information content (AvgIpc) is 2.77. The number of ether oxygens (including phenoxy) is 6. The highest BCUT2D eigenvalue weighted by Gasteiger charge is 2.50. The van der Waals surface area contributed by atoms with E-state index in [1.165, 1.54) is 0 Å². The first-order valence-corrected chi connectivity index (χ1v) is 20.2. The predicted octanol–water partition coefficient (Wildman–Crippen LogP) is 5.53. The van der Waals surface area contributed by atoms with Crippen molar-refractivity contribution in [2.45, 2.75) is 122 Å². The molecule has 5 atom stereocenters. The molecule has 1 heterocycles. The molecule has 0 aromatic rings. The summed E-state index contributed by atoms with van der Waals surface area (Å²) >= 11 is 0. The molecular weight excluding hydrogens is 484 g/mol. The number of rotatable bonds is 20. The SMILES string of the molecule is CCCCCOCO[C@@H]1[C@@H](O[Si](C)(C)C)[C@@H](OC)O[C@H](CO[Si](C)(C)C)[C@H]1OCOCCCCC. The molecule has 0 N–H and O–H groups in total. The maximum absolute atomic E-state index is 6.53. The molecule has 1 rings (SSSR count). The van der Waals surface area contributed by atoms with Crippen LogP contribution in [0.15, 0.2) is 0 Å². The second kappa shape index (κ2) is 17.6. The molecule has 210 valence electrons. The fraction of sp³-hybridized carbons (Fsp3) is 1.00. The van der Waals surface area contributed by atoms with Crippen molar-refractivity contribution in [1.82, 2.24) is 0 Å². The molecule has 1 aliphatic rings. The lowest BCUT2D eigenvalue weighted by molar-refractivity contribution is -0.319. The quantitative estimate of drug-likeness (QED) is 0.114. The molecule has 0 unspecified atom stereocenters. The summed E-state index contributed by atoms with van der Waals surface area (Å²) in [6.07, 6.45) is 4.32. The number of hydrogen-bond donors (Lipinski definition) is 0. The normalized spacial score (nSPS) is 25.8. The first-order chi connectivity index (χ1) is 16.5. The molecule has 0 radical (unpaired) electrons. The summed E-state index contributed by atoms with van der Waals surface area (Å²) in [6, 6.07) is 0. The molecule has 0 aromatic heterocycles. The topological polar surface area (TPSA) is 73.8 Å². The molecule has 0 aromatic carbocycles. The van der Waals surface area contributed by atoms with Gasteiger partial charge >= 0.3 is 0 Å². The molecule has 1 aliphatic heterocycles. The Hall–Kier alpha value is 0.114. The second-order valence-electron chi connectivity index (χ2n) is 11.1. The van der Waals surface area contributed by atoms with Gasteiger partial charge in [0.15, 0.2) is 22.9 Å². The third kappa shape index (κ3) is 14.6. The van der Waals surface area contributed by atoms with E-state index in [0.29, 0.717) is 19.8 Å². The molecule has 0 aliphatic carbocycles. The van der Waals surface area contributed by atoms with Crippen LogP contribution in [-0.4, -0.2) is 87.9 Å². The summed E-state index contributed by atoms with van der Waals surface area (Å²) in [7, 11) is -2.09. The lowest BCUT2D eigenvalue weighted by atomic mass is 9.99. The van der Waals surface area contributed by atoms with Crippen molar-refractivity contribution in [3.8, 4) is 0 Å². The minimum Gasteiger partial charge on any atom is -0.415 e. The van der Waals surface area contributed by atoms with Crippen molar-refractivity contribution in [3.63, 3.8) is 0 Å². The molecular formula is C25H54O8Si2. The highest BCUT2D eigenvalue weighted by atomic mass is 28.4. The fourth-order valence-corrected chi connectivity index (χ4v) is 5.46. The Morgan fingerprint density at radius 3 is 1.69 bits per heavy atom. The van der Waals surface area contributed by atoms with Gasteiger partial charge in [0.2, 0.25) is 0 Å². The highest BCUT2D eigenvalue weighted by Crippen LogP contribution is 2.31.